The van der Waals surface area contributed by atoms with Crippen LogP contribution in [0.5, 0.6) is 5.75 Å². The molecule has 2 heterocycles. The summed E-state index contributed by atoms with van der Waals surface area (Å²) in [5, 5.41) is 10.2. The SMILES string of the molecule is COc1ccc2[nH]c(=O)c(CN(CCO)CCCN3CCOC3=O)cc2c1. The first kappa shape index (κ1) is 19.2. The van der Waals surface area contributed by atoms with Crippen LogP contribution < -0.4 is 10.3 Å². The monoisotopic (exact) mass is 375 g/mol. The van der Waals surface area contributed by atoms with E-state index in [1.165, 1.54) is 0 Å². The molecule has 1 aromatic heterocycles. The average molecular weight is 375 g/mol. The molecule has 2 aromatic rings. The Kier molecular flexibility index (Phi) is 6.31. The number of hydrogen-bond acceptors (Lipinski definition) is 6. The number of nitrogens with zero attached hydrogens (tertiary/aromatic N) is 2. The van der Waals surface area contributed by atoms with Crippen molar-refractivity contribution in [3.63, 3.8) is 0 Å². The summed E-state index contributed by atoms with van der Waals surface area (Å²) in [5.74, 6) is 0.727. The predicted molar refractivity (Wildman–Crippen MR) is 101 cm³/mol. The van der Waals surface area contributed by atoms with Crippen LogP contribution in [0.25, 0.3) is 10.9 Å². The fraction of sp³-hybridized carbons (Fsp3) is 0.474. The number of carbonyl (C=O) groups is 1. The molecule has 1 saturated heterocycles. The molecule has 0 atom stereocenters. The number of ether oxygens (including phenoxy) is 2. The van der Waals surface area contributed by atoms with E-state index >= 15 is 0 Å². The Morgan fingerprint density at radius 3 is 2.85 bits per heavy atom. The first-order chi connectivity index (χ1) is 13.1. The van der Waals surface area contributed by atoms with Crippen LogP contribution in [0.2, 0.25) is 0 Å². The number of rotatable bonds is 9. The van der Waals surface area contributed by atoms with Crippen LogP contribution >= 0.6 is 0 Å². The molecule has 1 aliphatic rings. The summed E-state index contributed by atoms with van der Waals surface area (Å²) in [6, 6.07) is 7.36. The van der Waals surface area contributed by atoms with E-state index in [-0.39, 0.29) is 18.3 Å². The highest BCUT2D eigenvalue weighted by Gasteiger charge is 2.21. The van der Waals surface area contributed by atoms with Crippen molar-refractivity contribution in [2.75, 3.05) is 46.5 Å². The highest BCUT2D eigenvalue weighted by atomic mass is 16.6. The number of nitrogens with one attached hydrogen (secondary N) is 1. The average Bonchev–Trinajstić information content (AvgIpc) is 3.07. The number of aromatic nitrogens is 1. The molecule has 0 radical (unpaired) electrons. The first-order valence-electron chi connectivity index (χ1n) is 9.05. The zero-order valence-electron chi connectivity index (χ0n) is 15.4. The topological polar surface area (TPSA) is 95.1 Å². The summed E-state index contributed by atoms with van der Waals surface area (Å²) in [6.07, 6.45) is 0.470. The maximum absolute atomic E-state index is 12.4. The molecule has 0 bridgehead atoms. The summed E-state index contributed by atoms with van der Waals surface area (Å²) in [5.41, 5.74) is 1.24. The Morgan fingerprint density at radius 1 is 1.30 bits per heavy atom. The van der Waals surface area contributed by atoms with Crippen LogP contribution in [0.15, 0.2) is 29.1 Å². The molecule has 1 amide bonds. The van der Waals surface area contributed by atoms with Crippen LogP contribution in [-0.4, -0.2) is 72.5 Å². The molecule has 0 aliphatic carbocycles. The van der Waals surface area contributed by atoms with Crippen molar-refractivity contribution < 1.29 is 19.4 Å². The molecule has 0 saturated carbocycles. The number of fused-ring (bicyclic) bond motifs is 1. The minimum atomic E-state index is -0.274. The number of aliphatic hydroxyl groups excluding tert-OH is 1. The van der Waals surface area contributed by atoms with E-state index in [0.717, 1.165) is 23.1 Å². The molecule has 8 nitrogen and oxygen atoms in total. The fourth-order valence-electron chi connectivity index (χ4n) is 3.24. The number of aromatic amines is 1. The van der Waals surface area contributed by atoms with E-state index in [0.29, 0.717) is 44.9 Å². The molecule has 1 aliphatic heterocycles. The van der Waals surface area contributed by atoms with Gasteiger partial charge in [-0.1, -0.05) is 0 Å². The third-order valence-corrected chi connectivity index (χ3v) is 4.69. The summed E-state index contributed by atoms with van der Waals surface area (Å²) in [6.45, 7) is 3.21. The highest BCUT2D eigenvalue weighted by molar-refractivity contribution is 5.80. The van der Waals surface area contributed by atoms with Gasteiger partial charge in [0, 0.05) is 42.6 Å². The summed E-state index contributed by atoms with van der Waals surface area (Å²) >= 11 is 0. The van der Waals surface area contributed by atoms with Gasteiger partial charge in [-0.2, -0.15) is 0 Å². The van der Waals surface area contributed by atoms with E-state index < -0.39 is 0 Å². The molecular formula is C19H25N3O5. The lowest BCUT2D eigenvalue weighted by Gasteiger charge is -2.22. The molecule has 0 spiro atoms. The van der Waals surface area contributed by atoms with E-state index in [2.05, 4.69) is 4.98 Å². The van der Waals surface area contributed by atoms with Crippen molar-refractivity contribution in [3.8, 4) is 5.75 Å². The van der Waals surface area contributed by atoms with Crippen molar-refractivity contribution >= 4 is 17.0 Å². The molecule has 2 N–H and O–H groups in total. The molecule has 1 fully saturated rings. The number of aliphatic hydroxyl groups is 1. The minimum absolute atomic E-state index is 0.00502. The van der Waals surface area contributed by atoms with Gasteiger partial charge in [0.25, 0.3) is 5.56 Å². The molecular weight excluding hydrogens is 350 g/mol. The normalized spacial score (nSPS) is 14.2. The number of carbonyl (C=O) groups excluding carboxylic acids is 1. The summed E-state index contributed by atoms with van der Waals surface area (Å²) < 4.78 is 10.2. The van der Waals surface area contributed by atoms with E-state index in [9.17, 15) is 14.7 Å². The number of methoxy groups -OCH3 is 1. The smallest absolute Gasteiger partial charge is 0.409 e. The number of cyclic esters (lactones) is 1. The third kappa shape index (κ3) is 4.78. The highest BCUT2D eigenvalue weighted by Crippen LogP contribution is 2.19. The molecule has 3 rings (SSSR count). The van der Waals surface area contributed by atoms with Gasteiger partial charge in [-0.15, -0.1) is 0 Å². The van der Waals surface area contributed by atoms with Crippen LogP contribution in [-0.2, 0) is 11.3 Å². The second-order valence-corrected chi connectivity index (χ2v) is 6.53. The maximum Gasteiger partial charge on any atom is 0.409 e. The van der Waals surface area contributed by atoms with Gasteiger partial charge >= 0.3 is 6.09 Å². The van der Waals surface area contributed by atoms with Crippen LogP contribution in [0.3, 0.4) is 0 Å². The van der Waals surface area contributed by atoms with E-state index in [1.54, 1.807) is 18.1 Å². The van der Waals surface area contributed by atoms with Crippen LogP contribution in [0, 0.1) is 0 Å². The van der Waals surface area contributed by atoms with Gasteiger partial charge in [0.1, 0.15) is 12.4 Å². The Balaban J connectivity index is 1.68. The molecule has 27 heavy (non-hydrogen) atoms. The maximum atomic E-state index is 12.4. The lowest BCUT2D eigenvalue weighted by molar-refractivity contribution is 0.153. The largest absolute Gasteiger partial charge is 0.497 e. The van der Waals surface area contributed by atoms with Crippen LogP contribution in [0.1, 0.15) is 12.0 Å². The van der Waals surface area contributed by atoms with Gasteiger partial charge in [0.2, 0.25) is 0 Å². The van der Waals surface area contributed by atoms with Gasteiger partial charge in [-0.25, -0.2) is 4.79 Å². The zero-order valence-corrected chi connectivity index (χ0v) is 15.4. The van der Waals surface area contributed by atoms with Crippen molar-refractivity contribution in [1.82, 2.24) is 14.8 Å². The Bertz CT molecular complexity index is 851. The van der Waals surface area contributed by atoms with Crippen molar-refractivity contribution in [2.24, 2.45) is 0 Å². The summed E-state index contributed by atoms with van der Waals surface area (Å²) in [4.78, 5) is 30.5. The number of pyridine rings is 1. The van der Waals surface area contributed by atoms with Crippen molar-refractivity contribution in [1.29, 1.82) is 0 Å². The second kappa shape index (κ2) is 8.88. The molecule has 0 unspecified atom stereocenters. The Labute approximate surface area is 157 Å². The molecule has 1 aromatic carbocycles. The second-order valence-electron chi connectivity index (χ2n) is 6.53. The lowest BCUT2D eigenvalue weighted by Crippen LogP contribution is -2.33. The van der Waals surface area contributed by atoms with E-state index in [4.69, 9.17) is 9.47 Å². The van der Waals surface area contributed by atoms with Gasteiger partial charge in [-0.05, 0) is 30.7 Å². The standard InChI is InChI=1S/C19H25N3O5/c1-26-16-3-4-17-14(12-16)11-15(18(24)20-17)13-21(7-9-23)5-2-6-22-8-10-27-19(22)25/h3-4,11-12,23H,2,5-10,13H2,1H3,(H,20,24). The summed E-state index contributed by atoms with van der Waals surface area (Å²) in [7, 11) is 1.60. The zero-order chi connectivity index (χ0) is 19.2. The number of benzene rings is 1. The molecule has 8 heteroatoms. The Morgan fingerprint density at radius 2 is 2.15 bits per heavy atom. The Hall–Kier alpha value is -2.58. The van der Waals surface area contributed by atoms with Gasteiger partial charge in [-0.3, -0.25) is 9.69 Å². The number of H-pyrrole nitrogens is 1. The molecule has 146 valence electrons. The van der Waals surface area contributed by atoms with Crippen molar-refractivity contribution in [2.45, 2.75) is 13.0 Å². The first-order valence-corrected chi connectivity index (χ1v) is 9.05. The predicted octanol–water partition coefficient (Wildman–Crippen LogP) is 1.17. The van der Waals surface area contributed by atoms with Gasteiger partial charge in [0.15, 0.2) is 0 Å². The minimum Gasteiger partial charge on any atom is -0.497 e. The van der Waals surface area contributed by atoms with Gasteiger partial charge < -0.3 is 24.5 Å². The van der Waals surface area contributed by atoms with Gasteiger partial charge in [0.05, 0.1) is 20.3 Å². The number of amides is 1. The van der Waals surface area contributed by atoms with Crippen LogP contribution in [0.4, 0.5) is 4.79 Å². The quantitative estimate of drug-likeness (QED) is 0.683. The van der Waals surface area contributed by atoms with Crippen molar-refractivity contribution in [3.05, 3.63) is 40.2 Å². The number of hydrogen-bond donors (Lipinski definition) is 2. The lowest BCUT2D eigenvalue weighted by atomic mass is 10.1. The van der Waals surface area contributed by atoms with E-state index in [1.807, 2.05) is 23.1 Å². The third-order valence-electron chi connectivity index (χ3n) is 4.69. The fourth-order valence-corrected chi connectivity index (χ4v) is 3.24.